The Morgan fingerprint density at radius 3 is 2.79 bits per heavy atom. The molecule has 2 rings (SSSR count). The molecule has 19 heavy (non-hydrogen) atoms. The number of aromatic amines is 1. The van der Waals surface area contributed by atoms with Crippen LogP contribution in [0.4, 0.5) is 0 Å². The molecule has 0 saturated heterocycles. The van der Waals surface area contributed by atoms with Crippen molar-refractivity contribution in [3.8, 4) is 0 Å². The molecule has 0 fully saturated rings. The largest absolute Gasteiger partial charge is 0.344 e. The molecule has 0 aromatic carbocycles. The molecule has 0 radical (unpaired) electrons. The highest BCUT2D eigenvalue weighted by atomic mass is 16.1. The molecule has 2 heterocycles. The van der Waals surface area contributed by atoms with Crippen LogP contribution in [0.1, 0.15) is 46.8 Å². The second-order valence-corrected chi connectivity index (χ2v) is 4.58. The molecule has 0 bridgehead atoms. The van der Waals surface area contributed by atoms with Crippen molar-refractivity contribution in [3.05, 3.63) is 47.3 Å². The molecule has 1 amide bonds. The van der Waals surface area contributed by atoms with Crippen molar-refractivity contribution in [2.45, 2.75) is 33.2 Å². The summed E-state index contributed by atoms with van der Waals surface area (Å²) >= 11 is 0. The first-order valence-corrected chi connectivity index (χ1v) is 6.34. The fourth-order valence-electron chi connectivity index (χ4n) is 1.94. The van der Waals surface area contributed by atoms with Crippen molar-refractivity contribution < 1.29 is 4.79 Å². The van der Waals surface area contributed by atoms with Gasteiger partial charge in [0, 0.05) is 29.8 Å². The number of nitrogens with one attached hydrogen (secondary N) is 2. The smallest absolute Gasteiger partial charge is 0.252 e. The standard InChI is InChI=1S/C14H18N4O/c1-4-12(13-16-8-10(3)17-13)18-14(19)11-5-6-15-7-9(11)2/h5-8,12H,4H2,1-3H3,(H,16,17)(H,18,19)/t12-/m1/s1. The molecule has 1 atom stereocenters. The van der Waals surface area contributed by atoms with Gasteiger partial charge >= 0.3 is 0 Å². The van der Waals surface area contributed by atoms with Gasteiger partial charge in [0.1, 0.15) is 5.82 Å². The Bertz CT molecular complexity index is 576. The molecule has 5 nitrogen and oxygen atoms in total. The van der Waals surface area contributed by atoms with E-state index < -0.39 is 0 Å². The fourth-order valence-corrected chi connectivity index (χ4v) is 1.94. The van der Waals surface area contributed by atoms with Gasteiger partial charge in [0.2, 0.25) is 0 Å². The molecular weight excluding hydrogens is 240 g/mol. The molecule has 0 spiro atoms. The predicted molar refractivity (Wildman–Crippen MR) is 72.8 cm³/mol. The summed E-state index contributed by atoms with van der Waals surface area (Å²) in [5, 5.41) is 2.99. The number of aromatic nitrogens is 3. The highest BCUT2D eigenvalue weighted by Crippen LogP contribution is 2.14. The van der Waals surface area contributed by atoms with Crippen LogP contribution in [0.3, 0.4) is 0 Å². The highest BCUT2D eigenvalue weighted by Gasteiger charge is 2.17. The first kappa shape index (κ1) is 13.3. The summed E-state index contributed by atoms with van der Waals surface area (Å²) in [6.45, 7) is 5.83. The van der Waals surface area contributed by atoms with E-state index in [1.54, 1.807) is 24.7 Å². The van der Waals surface area contributed by atoms with Gasteiger partial charge in [0.05, 0.1) is 6.04 Å². The number of pyridine rings is 1. The van der Waals surface area contributed by atoms with Crippen LogP contribution >= 0.6 is 0 Å². The molecule has 0 aliphatic heterocycles. The van der Waals surface area contributed by atoms with Crippen molar-refractivity contribution in [1.82, 2.24) is 20.3 Å². The average Bonchev–Trinajstić information content (AvgIpc) is 2.82. The molecule has 5 heteroatoms. The first-order valence-electron chi connectivity index (χ1n) is 6.34. The second kappa shape index (κ2) is 5.65. The SMILES string of the molecule is CC[C@@H](NC(=O)c1ccncc1C)c1ncc(C)[nH]1. The maximum absolute atomic E-state index is 12.2. The lowest BCUT2D eigenvalue weighted by atomic mass is 10.1. The molecule has 0 aliphatic carbocycles. The van der Waals surface area contributed by atoms with Crippen molar-refractivity contribution >= 4 is 5.91 Å². The first-order chi connectivity index (χ1) is 9.11. The minimum absolute atomic E-state index is 0.0965. The summed E-state index contributed by atoms with van der Waals surface area (Å²) in [5.41, 5.74) is 2.50. The number of hydrogen-bond donors (Lipinski definition) is 2. The summed E-state index contributed by atoms with van der Waals surface area (Å²) in [7, 11) is 0. The maximum Gasteiger partial charge on any atom is 0.252 e. The molecule has 2 N–H and O–H groups in total. The Balaban J connectivity index is 2.15. The van der Waals surface area contributed by atoms with Gasteiger partial charge < -0.3 is 10.3 Å². The van der Waals surface area contributed by atoms with Crippen molar-refractivity contribution in [2.24, 2.45) is 0 Å². The summed E-state index contributed by atoms with van der Waals surface area (Å²) in [6, 6.07) is 1.62. The van der Waals surface area contributed by atoms with Gasteiger partial charge in [-0.15, -0.1) is 0 Å². The third-order valence-corrected chi connectivity index (χ3v) is 3.03. The zero-order valence-electron chi connectivity index (χ0n) is 11.4. The minimum atomic E-state index is -0.103. The summed E-state index contributed by atoms with van der Waals surface area (Å²) < 4.78 is 0. The van der Waals surface area contributed by atoms with Gasteiger partial charge in [0.25, 0.3) is 5.91 Å². The Morgan fingerprint density at radius 1 is 1.42 bits per heavy atom. The Labute approximate surface area is 112 Å². The van der Waals surface area contributed by atoms with Crippen LogP contribution in [0.5, 0.6) is 0 Å². The molecule has 2 aromatic heterocycles. The zero-order valence-corrected chi connectivity index (χ0v) is 11.4. The van der Waals surface area contributed by atoms with E-state index in [4.69, 9.17) is 0 Å². The quantitative estimate of drug-likeness (QED) is 0.884. The average molecular weight is 258 g/mol. The molecule has 0 aliphatic rings. The lowest BCUT2D eigenvalue weighted by Crippen LogP contribution is -2.29. The Morgan fingerprint density at radius 2 is 2.21 bits per heavy atom. The van der Waals surface area contributed by atoms with Gasteiger partial charge in [-0.1, -0.05) is 6.92 Å². The van der Waals surface area contributed by atoms with E-state index in [1.165, 1.54) is 0 Å². The number of amides is 1. The van der Waals surface area contributed by atoms with Crippen LogP contribution in [-0.4, -0.2) is 20.9 Å². The fraction of sp³-hybridized carbons (Fsp3) is 0.357. The van der Waals surface area contributed by atoms with Crippen LogP contribution in [0.15, 0.2) is 24.7 Å². The van der Waals surface area contributed by atoms with E-state index in [0.717, 1.165) is 23.5 Å². The number of rotatable bonds is 4. The number of carbonyl (C=O) groups is 1. The summed E-state index contributed by atoms with van der Waals surface area (Å²) in [6.07, 6.45) is 5.86. The third kappa shape index (κ3) is 2.99. The summed E-state index contributed by atoms with van der Waals surface area (Å²) in [4.78, 5) is 23.7. The molecular formula is C14H18N4O. The van der Waals surface area contributed by atoms with E-state index in [0.29, 0.717) is 5.56 Å². The number of hydrogen-bond acceptors (Lipinski definition) is 3. The second-order valence-electron chi connectivity index (χ2n) is 4.58. The number of aryl methyl sites for hydroxylation is 2. The highest BCUT2D eigenvalue weighted by molar-refractivity contribution is 5.95. The van der Waals surface area contributed by atoms with Crippen LogP contribution < -0.4 is 5.32 Å². The Hall–Kier alpha value is -2.17. The molecule has 0 saturated carbocycles. The van der Waals surface area contributed by atoms with Gasteiger partial charge in [-0.2, -0.15) is 0 Å². The van der Waals surface area contributed by atoms with E-state index in [9.17, 15) is 4.79 Å². The number of imidazole rings is 1. The lowest BCUT2D eigenvalue weighted by Gasteiger charge is -2.15. The minimum Gasteiger partial charge on any atom is -0.344 e. The molecule has 0 unspecified atom stereocenters. The van der Waals surface area contributed by atoms with Gasteiger partial charge in [-0.25, -0.2) is 4.98 Å². The Kier molecular flexibility index (Phi) is 3.94. The van der Waals surface area contributed by atoms with Gasteiger partial charge in [0.15, 0.2) is 0 Å². The maximum atomic E-state index is 12.2. The lowest BCUT2D eigenvalue weighted by molar-refractivity contribution is 0.0933. The monoisotopic (exact) mass is 258 g/mol. The van der Waals surface area contributed by atoms with E-state index in [2.05, 4.69) is 20.3 Å². The van der Waals surface area contributed by atoms with E-state index in [-0.39, 0.29) is 11.9 Å². The van der Waals surface area contributed by atoms with Crippen molar-refractivity contribution in [2.75, 3.05) is 0 Å². The topological polar surface area (TPSA) is 70.7 Å². The van der Waals surface area contributed by atoms with Crippen molar-refractivity contribution in [3.63, 3.8) is 0 Å². The van der Waals surface area contributed by atoms with Crippen LogP contribution in [0, 0.1) is 13.8 Å². The third-order valence-electron chi connectivity index (χ3n) is 3.03. The predicted octanol–water partition coefficient (Wildman–Crippen LogP) is 2.30. The van der Waals surface area contributed by atoms with Crippen LogP contribution in [-0.2, 0) is 0 Å². The zero-order chi connectivity index (χ0) is 13.8. The normalized spacial score (nSPS) is 12.2. The number of nitrogens with zero attached hydrogens (tertiary/aromatic N) is 2. The van der Waals surface area contributed by atoms with Gasteiger partial charge in [-0.3, -0.25) is 9.78 Å². The van der Waals surface area contributed by atoms with Gasteiger partial charge in [-0.05, 0) is 31.9 Å². The van der Waals surface area contributed by atoms with Crippen LogP contribution in [0.2, 0.25) is 0 Å². The van der Waals surface area contributed by atoms with E-state index in [1.807, 2.05) is 20.8 Å². The molecule has 100 valence electrons. The summed E-state index contributed by atoms with van der Waals surface area (Å²) in [5.74, 6) is 0.695. The number of H-pyrrole nitrogens is 1. The van der Waals surface area contributed by atoms with Crippen LogP contribution in [0.25, 0.3) is 0 Å². The number of carbonyl (C=O) groups excluding carboxylic acids is 1. The van der Waals surface area contributed by atoms with Crippen molar-refractivity contribution in [1.29, 1.82) is 0 Å². The van der Waals surface area contributed by atoms with E-state index >= 15 is 0 Å². The molecule has 2 aromatic rings.